The lowest BCUT2D eigenvalue weighted by molar-refractivity contribution is 0.0987. The molecular weight excluding hydrogens is 580 g/mol. The number of benzene rings is 2. The van der Waals surface area contributed by atoms with Crippen LogP contribution in [0.3, 0.4) is 0 Å². The number of hydrogen-bond acceptors (Lipinski definition) is 10. The SMILES string of the molecule is CCOc1cc(-c2cccc(C(F)CCN[SH](=O)=O)c2F)cc2c(N3CCOCC3C)nc(-c3cnc(NC)nc3)nc12. The van der Waals surface area contributed by atoms with Crippen LogP contribution in [0.2, 0.25) is 0 Å². The van der Waals surface area contributed by atoms with Crippen molar-refractivity contribution < 1.29 is 26.7 Å². The molecule has 2 atom stereocenters. The van der Waals surface area contributed by atoms with Crippen LogP contribution >= 0.6 is 0 Å². The molecule has 2 unspecified atom stereocenters. The van der Waals surface area contributed by atoms with Gasteiger partial charge in [0.05, 0.1) is 31.4 Å². The van der Waals surface area contributed by atoms with Crippen LogP contribution in [0.5, 0.6) is 5.75 Å². The van der Waals surface area contributed by atoms with Crippen molar-refractivity contribution >= 4 is 33.6 Å². The largest absolute Gasteiger partial charge is 0.492 e. The van der Waals surface area contributed by atoms with Crippen LogP contribution < -0.4 is 19.7 Å². The predicted molar refractivity (Wildman–Crippen MR) is 161 cm³/mol. The summed E-state index contributed by atoms with van der Waals surface area (Å²) in [6.07, 6.45) is 1.36. The standard InChI is InChI=1S/C29H33F2N7O4S/c1-4-42-24-13-18(20-6-5-7-21(25(20)31)23(30)8-9-35-43(39)40)12-22-26(24)36-27(19-14-33-29(32-3)34-15-19)37-28(22)38-10-11-41-16-17(38)2/h5-7,12-15,17,23,43H,4,8-11,16H2,1-3H3,(H,32,33,34)(H,35,39,40). The molecule has 43 heavy (non-hydrogen) atoms. The highest BCUT2D eigenvalue weighted by Gasteiger charge is 2.26. The van der Waals surface area contributed by atoms with Crippen LogP contribution in [0.4, 0.5) is 20.5 Å². The summed E-state index contributed by atoms with van der Waals surface area (Å²) in [6, 6.07) is 7.98. The van der Waals surface area contributed by atoms with Crippen LogP contribution in [0.15, 0.2) is 42.7 Å². The number of aromatic nitrogens is 4. The summed E-state index contributed by atoms with van der Waals surface area (Å²) in [4.78, 5) is 20.5. The summed E-state index contributed by atoms with van der Waals surface area (Å²) < 4.78 is 66.4. The average Bonchev–Trinajstić information content (AvgIpc) is 3.01. The van der Waals surface area contributed by atoms with E-state index >= 15 is 8.78 Å². The van der Waals surface area contributed by atoms with Gasteiger partial charge in [0, 0.05) is 49.0 Å². The second-order valence-corrected chi connectivity index (χ2v) is 10.8. The molecule has 1 aliphatic rings. The van der Waals surface area contributed by atoms with E-state index in [9.17, 15) is 8.42 Å². The highest BCUT2D eigenvalue weighted by Crippen LogP contribution is 2.40. The fourth-order valence-electron chi connectivity index (χ4n) is 5.02. The van der Waals surface area contributed by atoms with Gasteiger partial charge in [-0.2, -0.15) is 0 Å². The van der Waals surface area contributed by atoms with Gasteiger partial charge >= 0.3 is 0 Å². The van der Waals surface area contributed by atoms with E-state index in [-0.39, 0.29) is 30.1 Å². The molecule has 2 aromatic heterocycles. The normalized spacial score (nSPS) is 16.0. The second kappa shape index (κ2) is 13.5. The van der Waals surface area contributed by atoms with Crippen molar-refractivity contribution in [1.29, 1.82) is 0 Å². The Bertz CT molecular complexity index is 1670. The Labute approximate surface area is 249 Å². The van der Waals surface area contributed by atoms with Gasteiger partial charge < -0.3 is 19.7 Å². The van der Waals surface area contributed by atoms with E-state index in [4.69, 9.17) is 19.4 Å². The van der Waals surface area contributed by atoms with Crippen molar-refractivity contribution in [2.45, 2.75) is 32.5 Å². The molecular formula is C29H33F2N7O4S. The van der Waals surface area contributed by atoms with Gasteiger partial charge in [-0.1, -0.05) is 18.2 Å². The summed E-state index contributed by atoms with van der Waals surface area (Å²) in [5, 5.41) is 3.53. The molecule has 3 heterocycles. The van der Waals surface area contributed by atoms with Gasteiger partial charge in [-0.25, -0.2) is 41.9 Å². The molecule has 11 nitrogen and oxygen atoms in total. The number of fused-ring (bicyclic) bond motifs is 1. The van der Waals surface area contributed by atoms with Crippen LogP contribution in [0.1, 0.15) is 32.0 Å². The molecule has 0 saturated carbocycles. The van der Waals surface area contributed by atoms with E-state index in [0.29, 0.717) is 71.7 Å². The minimum atomic E-state index is -2.86. The topological polar surface area (TPSA) is 131 Å². The smallest absolute Gasteiger partial charge is 0.222 e. The molecule has 1 aliphatic heterocycles. The second-order valence-electron chi connectivity index (χ2n) is 9.97. The summed E-state index contributed by atoms with van der Waals surface area (Å²) in [6.45, 7) is 5.65. The fourth-order valence-corrected chi connectivity index (χ4v) is 5.33. The number of morpholine rings is 1. The van der Waals surface area contributed by atoms with Gasteiger partial charge in [0.1, 0.15) is 29.1 Å². The first-order valence-electron chi connectivity index (χ1n) is 13.9. The van der Waals surface area contributed by atoms with E-state index in [2.05, 4.69) is 24.9 Å². The summed E-state index contributed by atoms with van der Waals surface area (Å²) in [5.74, 6) is 1.17. The van der Waals surface area contributed by atoms with Gasteiger partial charge in [0.15, 0.2) is 5.82 Å². The molecule has 228 valence electrons. The number of halogens is 2. The highest BCUT2D eigenvalue weighted by atomic mass is 32.2. The zero-order valence-corrected chi connectivity index (χ0v) is 24.9. The van der Waals surface area contributed by atoms with Crippen molar-refractivity contribution in [3.63, 3.8) is 0 Å². The Morgan fingerprint density at radius 2 is 1.98 bits per heavy atom. The molecule has 0 amide bonds. The minimum Gasteiger partial charge on any atom is -0.492 e. The fraction of sp³-hybridized carbons (Fsp3) is 0.379. The van der Waals surface area contributed by atoms with Gasteiger partial charge in [-0.05, 0) is 38.0 Å². The molecule has 14 heteroatoms. The molecule has 1 saturated heterocycles. The Morgan fingerprint density at radius 1 is 1.19 bits per heavy atom. The molecule has 0 aliphatic carbocycles. The quantitative estimate of drug-likeness (QED) is 0.213. The minimum absolute atomic E-state index is 0.00736. The van der Waals surface area contributed by atoms with E-state index < -0.39 is 22.9 Å². The maximum atomic E-state index is 15.9. The number of anilines is 2. The first kappa shape index (κ1) is 30.4. The zero-order valence-electron chi connectivity index (χ0n) is 24.0. The maximum Gasteiger partial charge on any atom is 0.222 e. The van der Waals surface area contributed by atoms with Gasteiger partial charge in [-0.15, -0.1) is 0 Å². The van der Waals surface area contributed by atoms with E-state index in [1.807, 2.05) is 13.8 Å². The Morgan fingerprint density at radius 3 is 2.67 bits per heavy atom. The molecule has 0 radical (unpaired) electrons. The van der Waals surface area contributed by atoms with E-state index in [1.165, 1.54) is 6.07 Å². The van der Waals surface area contributed by atoms with E-state index in [1.54, 1.807) is 43.7 Å². The van der Waals surface area contributed by atoms with Crippen molar-refractivity contribution in [3.05, 3.63) is 54.1 Å². The lowest BCUT2D eigenvalue weighted by atomic mass is 9.97. The average molecular weight is 614 g/mol. The van der Waals surface area contributed by atoms with Gasteiger partial charge in [-0.3, -0.25) is 0 Å². The molecule has 4 aromatic rings. The third-order valence-corrected chi connectivity index (χ3v) is 7.62. The van der Waals surface area contributed by atoms with E-state index in [0.717, 1.165) is 0 Å². The zero-order chi connectivity index (χ0) is 30.5. The number of thiol groups is 1. The molecule has 2 aromatic carbocycles. The Hall–Kier alpha value is -4.01. The van der Waals surface area contributed by atoms with Crippen molar-refractivity contribution in [1.82, 2.24) is 24.7 Å². The lowest BCUT2D eigenvalue weighted by Crippen LogP contribution is -2.44. The summed E-state index contributed by atoms with van der Waals surface area (Å²) in [5.41, 5.74) is 1.62. The number of ether oxygens (including phenoxy) is 2. The Kier molecular flexibility index (Phi) is 9.58. The maximum absolute atomic E-state index is 15.9. The van der Waals surface area contributed by atoms with Crippen molar-refractivity contribution in [2.24, 2.45) is 0 Å². The third-order valence-electron chi connectivity index (χ3n) is 7.13. The first-order chi connectivity index (χ1) is 20.8. The number of alkyl halides is 1. The van der Waals surface area contributed by atoms with Crippen molar-refractivity contribution in [3.8, 4) is 28.3 Å². The van der Waals surface area contributed by atoms with Gasteiger partial charge in [0.25, 0.3) is 0 Å². The number of hydrogen-bond donors (Lipinski definition) is 3. The molecule has 5 rings (SSSR count). The monoisotopic (exact) mass is 613 g/mol. The molecule has 0 bridgehead atoms. The summed E-state index contributed by atoms with van der Waals surface area (Å²) in [7, 11) is -1.13. The van der Waals surface area contributed by atoms with Crippen LogP contribution in [-0.4, -0.2) is 74.4 Å². The molecule has 1 fully saturated rings. The van der Waals surface area contributed by atoms with Crippen molar-refractivity contribution in [2.75, 3.05) is 50.2 Å². The molecule has 2 N–H and O–H groups in total. The first-order valence-corrected chi connectivity index (χ1v) is 15.1. The highest BCUT2D eigenvalue weighted by molar-refractivity contribution is 7.70. The third kappa shape index (κ3) is 6.65. The molecule has 0 spiro atoms. The lowest BCUT2D eigenvalue weighted by Gasteiger charge is -2.35. The summed E-state index contributed by atoms with van der Waals surface area (Å²) >= 11 is 0. The Balaban J connectivity index is 1.67. The number of rotatable bonds is 11. The predicted octanol–water partition coefficient (Wildman–Crippen LogP) is 4.08. The van der Waals surface area contributed by atoms with Crippen LogP contribution in [0.25, 0.3) is 33.4 Å². The number of nitrogens with one attached hydrogen (secondary N) is 2. The van der Waals surface area contributed by atoms with Crippen LogP contribution in [0, 0.1) is 5.82 Å². The van der Waals surface area contributed by atoms with Gasteiger partial charge in [0.2, 0.25) is 16.8 Å². The van der Waals surface area contributed by atoms with Crippen LogP contribution in [-0.2, 0) is 15.6 Å². The number of nitrogens with zero attached hydrogens (tertiary/aromatic N) is 5.